The van der Waals surface area contributed by atoms with Crippen LogP contribution in [0.3, 0.4) is 0 Å². The van der Waals surface area contributed by atoms with E-state index < -0.39 is 0 Å². The van der Waals surface area contributed by atoms with E-state index in [0.717, 1.165) is 23.4 Å². The van der Waals surface area contributed by atoms with Crippen molar-refractivity contribution in [3.63, 3.8) is 0 Å². The lowest BCUT2D eigenvalue weighted by atomic mass is 10.1. The maximum atomic E-state index is 12.2. The lowest BCUT2D eigenvalue weighted by Crippen LogP contribution is -2.13. The van der Waals surface area contributed by atoms with Crippen molar-refractivity contribution >= 4 is 11.6 Å². The fourth-order valence-electron chi connectivity index (χ4n) is 1.95. The summed E-state index contributed by atoms with van der Waals surface area (Å²) < 4.78 is 5.76. The molecule has 2 aromatic rings. The normalized spacial score (nSPS) is 11.8. The van der Waals surface area contributed by atoms with Crippen LogP contribution in [-0.4, -0.2) is 12.0 Å². The standard InChI is InChI=1S/C18H21NO2/c1-4-14(3)21-17-10-6-9-16(12-17)19-18(20)15-8-5-7-13(2)11-15/h5-12,14H,4H2,1-3H3,(H,19,20). The topological polar surface area (TPSA) is 38.3 Å². The zero-order chi connectivity index (χ0) is 15.2. The first-order valence-electron chi connectivity index (χ1n) is 7.23. The van der Waals surface area contributed by atoms with Crippen LogP contribution in [0.1, 0.15) is 36.2 Å². The third kappa shape index (κ3) is 4.35. The number of carbonyl (C=O) groups is 1. The first-order chi connectivity index (χ1) is 10.1. The molecule has 21 heavy (non-hydrogen) atoms. The van der Waals surface area contributed by atoms with Crippen LogP contribution in [0, 0.1) is 6.92 Å². The fourth-order valence-corrected chi connectivity index (χ4v) is 1.95. The van der Waals surface area contributed by atoms with Crippen LogP contribution in [0.5, 0.6) is 5.75 Å². The van der Waals surface area contributed by atoms with Crippen molar-refractivity contribution in [2.45, 2.75) is 33.3 Å². The molecule has 3 nitrogen and oxygen atoms in total. The molecule has 0 bridgehead atoms. The van der Waals surface area contributed by atoms with Gasteiger partial charge >= 0.3 is 0 Å². The number of benzene rings is 2. The third-order valence-corrected chi connectivity index (χ3v) is 3.28. The Morgan fingerprint density at radius 1 is 1.19 bits per heavy atom. The smallest absolute Gasteiger partial charge is 0.255 e. The number of hydrogen-bond acceptors (Lipinski definition) is 2. The van der Waals surface area contributed by atoms with Gasteiger partial charge in [0.2, 0.25) is 0 Å². The van der Waals surface area contributed by atoms with Gasteiger partial charge in [-0.1, -0.05) is 30.7 Å². The number of anilines is 1. The Bertz CT molecular complexity index is 622. The molecule has 0 heterocycles. The van der Waals surface area contributed by atoms with Gasteiger partial charge in [-0.15, -0.1) is 0 Å². The molecule has 1 atom stereocenters. The Balaban J connectivity index is 2.09. The van der Waals surface area contributed by atoms with Gasteiger partial charge in [0.25, 0.3) is 5.91 Å². The van der Waals surface area contributed by atoms with Crippen LogP contribution in [0.15, 0.2) is 48.5 Å². The average Bonchev–Trinajstić information content (AvgIpc) is 2.47. The summed E-state index contributed by atoms with van der Waals surface area (Å²) in [4.78, 5) is 12.2. The van der Waals surface area contributed by atoms with Gasteiger partial charge in [0.05, 0.1) is 6.10 Å². The first-order valence-corrected chi connectivity index (χ1v) is 7.23. The maximum absolute atomic E-state index is 12.2. The highest BCUT2D eigenvalue weighted by Crippen LogP contribution is 2.20. The van der Waals surface area contributed by atoms with Gasteiger partial charge < -0.3 is 10.1 Å². The molecule has 0 aromatic heterocycles. The van der Waals surface area contributed by atoms with Crippen LogP contribution < -0.4 is 10.1 Å². The van der Waals surface area contributed by atoms with Crippen molar-refractivity contribution in [2.75, 3.05) is 5.32 Å². The largest absolute Gasteiger partial charge is 0.491 e. The summed E-state index contributed by atoms with van der Waals surface area (Å²) >= 11 is 0. The molecule has 1 amide bonds. The van der Waals surface area contributed by atoms with Gasteiger partial charge in [-0.05, 0) is 44.5 Å². The number of ether oxygens (including phenoxy) is 1. The highest BCUT2D eigenvalue weighted by atomic mass is 16.5. The van der Waals surface area contributed by atoms with Gasteiger partial charge in [-0.2, -0.15) is 0 Å². The average molecular weight is 283 g/mol. The molecule has 3 heteroatoms. The molecule has 0 saturated heterocycles. The number of hydrogen-bond donors (Lipinski definition) is 1. The van der Waals surface area contributed by atoms with E-state index in [0.29, 0.717) is 5.56 Å². The summed E-state index contributed by atoms with van der Waals surface area (Å²) in [5.74, 6) is 0.658. The van der Waals surface area contributed by atoms with Crippen LogP contribution in [0.2, 0.25) is 0 Å². The molecule has 110 valence electrons. The minimum absolute atomic E-state index is 0.112. The summed E-state index contributed by atoms with van der Waals surface area (Å²) in [5, 5.41) is 2.90. The van der Waals surface area contributed by atoms with Crippen LogP contribution >= 0.6 is 0 Å². The summed E-state index contributed by atoms with van der Waals surface area (Å²) in [5.41, 5.74) is 2.46. The molecule has 0 aliphatic rings. The predicted molar refractivity (Wildman–Crippen MR) is 86.0 cm³/mol. The molecule has 1 N–H and O–H groups in total. The van der Waals surface area contributed by atoms with Crippen LogP contribution in [0.4, 0.5) is 5.69 Å². The fraction of sp³-hybridized carbons (Fsp3) is 0.278. The maximum Gasteiger partial charge on any atom is 0.255 e. The predicted octanol–water partition coefficient (Wildman–Crippen LogP) is 4.42. The van der Waals surface area contributed by atoms with Gasteiger partial charge in [0, 0.05) is 17.3 Å². The van der Waals surface area contributed by atoms with Crippen molar-refractivity contribution < 1.29 is 9.53 Å². The number of rotatable bonds is 5. The van der Waals surface area contributed by atoms with E-state index in [9.17, 15) is 4.79 Å². The van der Waals surface area contributed by atoms with E-state index in [1.165, 1.54) is 0 Å². The molecule has 0 aliphatic heterocycles. The highest BCUT2D eigenvalue weighted by molar-refractivity contribution is 6.04. The minimum atomic E-state index is -0.112. The quantitative estimate of drug-likeness (QED) is 0.881. The van der Waals surface area contributed by atoms with Crippen molar-refractivity contribution in [3.8, 4) is 5.75 Å². The molecule has 0 spiro atoms. The van der Waals surface area contributed by atoms with Crippen LogP contribution in [-0.2, 0) is 0 Å². The van der Waals surface area contributed by atoms with Crippen molar-refractivity contribution in [2.24, 2.45) is 0 Å². The zero-order valence-electron chi connectivity index (χ0n) is 12.7. The van der Waals surface area contributed by atoms with Gasteiger partial charge in [-0.3, -0.25) is 4.79 Å². The second-order valence-electron chi connectivity index (χ2n) is 5.19. The molecule has 0 fully saturated rings. The third-order valence-electron chi connectivity index (χ3n) is 3.28. The van der Waals surface area contributed by atoms with E-state index in [4.69, 9.17) is 4.74 Å². The second kappa shape index (κ2) is 6.93. The number of nitrogens with one attached hydrogen (secondary N) is 1. The zero-order valence-corrected chi connectivity index (χ0v) is 12.7. The summed E-state index contributed by atoms with van der Waals surface area (Å²) in [6.45, 7) is 6.07. The molecule has 0 radical (unpaired) electrons. The molecule has 1 unspecified atom stereocenters. The molecule has 2 rings (SSSR count). The molecular weight excluding hydrogens is 262 g/mol. The minimum Gasteiger partial charge on any atom is -0.491 e. The summed E-state index contributed by atoms with van der Waals surface area (Å²) in [7, 11) is 0. The first kappa shape index (κ1) is 15.1. The van der Waals surface area contributed by atoms with Crippen LogP contribution in [0.25, 0.3) is 0 Å². The monoisotopic (exact) mass is 283 g/mol. The molecule has 0 aliphatic carbocycles. The molecule has 0 saturated carbocycles. The van der Waals surface area contributed by atoms with E-state index >= 15 is 0 Å². The molecular formula is C18H21NO2. The van der Waals surface area contributed by atoms with Crippen molar-refractivity contribution in [3.05, 3.63) is 59.7 Å². The molecule has 2 aromatic carbocycles. The van der Waals surface area contributed by atoms with Crippen molar-refractivity contribution in [1.82, 2.24) is 0 Å². The number of aryl methyl sites for hydroxylation is 1. The van der Waals surface area contributed by atoms with Gasteiger partial charge in [-0.25, -0.2) is 0 Å². The summed E-state index contributed by atoms with van der Waals surface area (Å²) in [6.07, 6.45) is 1.10. The Morgan fingerprint density at radius 3 is 2.67 bits per heavy atom. The van der Waals surface area contributed by atoms with E-state index in [1.54, 1.807) is 0 Å². The summed E-state index contributed by atoms with van der Waals surface area (Å²) in [6, 6.07) is 15.0. The highest BCUT2D eigenvalue weighted by Gasteiger charge is 2.07. The van der Waals surface area contributed by atoms with E-state index in [1.807, 2.05) is 62.4 Å². The Morgan fingerprint density at radius 2 is 1.95 bits per heavy atom. The SMILES string of the molecule is CCC(C)Oc1cccc(NC(=O)c2cccc(C)c2)c1. The Labute approximate surface area is 126 Å². The second-order valence-corrected chi connectivity index (χ2v) is 5.19. The van der Waals surface area contributed by atoms with Gasteiger partial charge in [0.15, 0.2) is 0 Å². The Kier molecular flexibility index (Phi) is 4.99. The number of amides is 1. The van der Waals surface area contributed by atoms with E-state index in [2.05, 4.69) is 12.2 Å². The Hall–Kier alpha value is -2.29. The van der Waals surface area contributed by atoms with E-state index in [-0.39, 0.29) is 12.0 Å². The number of carbonyl (C=O) groups excluding carboxylic acids is 1. The van der Waals surface area contributed by atoms with Crippen molar-refractivity contribution in [1.29, 1.82) is 0 Å². The lowest BCUT2D eigenvalue weighted by molar-refractivity contribution is 0.102. The van der Waals surface area contributed by atoms with Gasteiger partial charge in [0.1, 0.15) is 5.75 Å². The lowest BCUT2D eigenvalue weighted by Gasteiger charge is -2.13.